The summed E-state index contributed by atoms with van der Waals surface area (Å²) in [7, 11) is 0. The van der Waals surface area contributed by atoms with Crippen molar-refractivity contribution >= 4 is 17.8 Å². The third-order valence-electron chi connectivity index (χ3n) is 1.72. The lowest BCUT2D eigenvalue weighted by Crippen LogP contribution is -2.26. The second-order valence-corrected chi connectivity index (χ2v) is 4.90. The van der Waals surface area contributed by atoms with E-state index in [0.717, 1.165) is 0 Å². The van der Waals surface area contributed by atoms with Crippen LogP contribution < -0.4 is 4.74 Å². The fourth-order valence-electron chi connectivity index (χ4n) is 1.09. The highest BCUT2D eigenvalue weighted by molar-refractivity contribution is 6.32. The zero-order valence-electron chi connectivity index (χ0n) is 10.9. The van der Waals surface area contributed by atoms with Gasteiger partial charge in [0, 0.05) is 6.20 Å². The molecule has 19 heavy (non-hydrogen) atoms. The van der Waals surface area contributed by atoms with Crippen molar-refractivity contribution in [2.75, 3.05) is 6.61 Å². The molecule has 0 saturated carbocycles. The van der Waals surface area contributed by atoms with Crippen molar-refractivity contribution in [1.29, 1.82) is 0 Å². The summed E-state index contributed by atoms with van der Waals surface area (Å²) in [6, 6.07) is 1.46. The van der Waals surface area contributed by atoms with E-state index in [0.29, 0.717) is 0 Å². The standard InChI is InChI=1S/C13H14ClNO4/c1-13(2,3)19-12(17)18-11-9(14)6-7-15-10(11)5-4-8-16/h6-7,16H,8H2,1-3H3. The van der Waals surface area contributed by atoms with E-state index in [2.05, 4.69) is 16.8 Å². The van der Waals surface area contributed by atoms with Crippen LogP contribution in [-0.2, 0) is 4.74 Å². The largest absolute Gasteiger partial charge is 0.514 e. The molecule has 0 unspecified atom stereocenters. The smallest absolute Gasteiger partial charge is 0.428 e. The van der Waals surface area contributed by atoms with Crippen LogP contribution in [0.1, 0.15) is 26.5 Å². The third kappa shape index (κ3) is 5.16. The predicted octanol–water partition coefficient (Wildman–Crippen LogP) is 2.39. The van der Waals surface area contributed by atoms with Crippen LogP contribution in [0, 0.1) is 11.8 Å². The first-order valence-corrected chi connectivity index (χ1v) is 5.86. The van der Waals surface area contributed by atoms with Gasteiger partial charge in [-0.15, -0.1) is 0 Å². The second kappa shape index (κ2) is 6.41. The van der Waals surface area contributed by atoms with Gasteiger partial charge in [-0.2, -0.15) is 0 Å². The summed E-state index contributed by atoms with van der Waals surface area (Å²) >= 11 is 5.92. The molecule has 0 aliphatic rings. The molecule has 1 aromatic heterocycles. The van der Waals surface area contributed by atoms with Crippen molar-refractivity contribution in [1.82, 2.24) is 4.98 Å². The summed E-state index contributed by atoms with van der Waals surface area (Å²) in [5, 5.41) is 8.84. The Kier molecular flexibility index (Phi) is 5.16. The highest BCUT2D eigenvalue weighted by Crippen LogP contribution is 2.27. The minimum Gasteiger partial charge on any atom is -0.428 e. The summed E-state index contributed by atoms with van der Waals surface area (Å²) in [4.78, 5) is 15.5. The monoisotopic (exact) mass is 283 g/mol. The van der Waals surface area contributed by atoms with Gasteiger partial charge in [0.25, 0.3) is 0 Å². The molecule has 0 aliphatic carbocycles. The average Bonchev–Trinajstić information content (AvgIpc) is 2.27. The highest BCUT2D eigenvalue weighted by Gasteiger charge is 2.20. The first-order valence-electron chi connectivity index (χ1n) is 5.48. The van der Waals surface area contributed by atoms with Crippen molar-refractivity contribution < 1.29 is 19.4 Å². The van der Waals surface area contributed by atoms with Crippen LogP contribution in [0.15, 0.2) is 12.3 Å². The molecular weight excluding hydrogens is 270 g/mol. The van der Waals surface area contributed by atoms with E-state index >= 15 is 0 Å². The first-order chi connectivity index (χ1) is 8.83. The van der Waals surface area contributed by atoms with Gasteiger partial charge < -0.3 is 14.6 Å². The average molecular weight is 284 g/mol. The van der Waals surface area contributed by atoms with E-state index in [1.807, 2.05) is 0 Å². The number of rotatable bonds is 1. The van der Waals surface area contributed by atoms with Crippen LogP contribution >= 0.6 is 11.6 Å². The second-order valence-electron chi connectivity index (χ2n) is 4.50. The lowest BCUT2D eigenvalue weighted by atomic mass is 10.2. The molecule has 0 saturated heterocycles. The minimum atomic E-state index is -0.894. The minimum absolute atomic E-state index is 0.0133. The summed E-state index contributed by atoms with van der Waals surface area (Å²) in [5.74, 6) is 4.96. The number of aliphatic hydroxyl groups excluding tert-OH is 1. The zero-order chi connectivity index (χ0) is 14.5. The SMILES string of the molecule is CC(C)(C)OC(=O)Oc1c(Cl)ccnc1C#CCO. The Balaban J connectivity index is 2.97. The van der Waals surface area contributed by atoms with Crippen LogP contribution in [0.25, 0.3) is 0 Å². The molecular formula is C13H14ClNO4. The first kappa shape index (κ1) is 15.3. The van der Waals surface area contributed by atoms with Gasteiger partial charge >= 0.3 is 6.16 Å². The van der Waals surface area contributed by atoms with Gasteiger partial charge in [0.15, 0.2) is 11.4 Å². The Bertz CT molecular complexity index is 526. The van der Waals surface area contributed by atoms with E-state index in [4.69, 9.17) is 26.2 Å². The molecule has 1 aromatic rings. The number of hydrogen-bond donors (Lipinski definition) is 1. The molecule has 102 valence electrons. The molecule has 0 amide bonds. The molecule has 1 N–H and O–H groups in total. The van der Waals surface area contributed by atoms with Crippen molar-refractivity contribution in [3.63, 3.8) is 0 Å². The number of carbonyl (C=O) groups excluding carboxylic acids is 1. The van der Waals surface area contributed by atoms with Crippen LogP contribution in [0.5, 0.6) is 5.75 Å². The number of aliphatic hydroxyl groups is 1. The molecule has 0 aliphatic heterocycles. The lowest BCUT2D eigenvalue weighted by molar-refractivity contribution is 0.0205. The summed E-state index contributed by atoms with van der Waals surface area (Å²) in [6.45, 7) is 4.81. The molecule has 0 spiro atoms. The molecule has 1 heterocycles. The number of nitrogens with zero attached hydrogens (tertiary/aromatic N) is 1. The van der Waals surface area contributed by atoms with Gasteiger partial charge in [0.2, 0.25) is 0 Å². The Labute approximate surface area is 116 Å². The zero-order valence-corrected chi connectivity index (χ0v) is 11.6. The van der Waals surface area contributed by atoms with Gasteiger partial charge in [0.1, 0.15) is 12.2 Å². The fraction of sp³-hybridized carbons (Fsp3) is 0.385. The van der Waals surface area contributed by atoms with Crippen molar-refractivity contribution in [2.24, 2.45) is 0 Å². The predicted molar refractivity (Wildman–Crippen MR) is 70.1 cm³/mol. The quantitative estimate of drug-likeness (QED) is 0.633. The van der Waals surface area contributed by atoms with E-state index in [1.54, 1.807) is 20.8 Å². The molecule has 1 rings (SSSR count). The Morgan fingerprint density at radius 3 is 2.79 bits per heavy atom. The Morgan fingerprint density at radius 2 is 2.21 bits per heavy atom. The Hall–Kier alpha value is -1.77. The van der Waals surface area contributed by atoms with Gasteiger partial charge in [-0.25, -0.2) is 9.78 Å². The van der Waals surface area contributed by atoms with Gasteiger partial charge in [-0.3, -0.25) is 0 Å². The third-order valence-corrected chi connectivity index (χ3v) is 2.01. The maximum Gasteiger partial charge on any atom is 0.514 e. The van der Waals surface area contributed by atoms with Gasteiger partial charge in [-0.1, -0.05) is 17.5 Å². The normalized spacial score (nSPS) is 10.4. The van der Waals surface area contributed by atoms with Gasteiger partial charge in [0.05, 0.1) is 5.02 Å². The van der Waals surface area contributed by atoms with Crippen molar-refractivity contribution in [2.45, 2.75) is 26.4 Å². The van der Waals surface area contributed by atoms with E-state index in [-0.39, 0.29) is 23.1 Å². The lowest BCUT2D eigenvalue weighted by Gasteiger charge is -2.19. The number of aromatic nitrogens is 1. The molecule has 0 radical (unpaired) electrons. The summed E-state index contributed by atoms with van der Waals surface area (Å²) in [5.41, 5.74) is -0.518. The number of halogens is 1. The molecule has 0 aromatic carbocycles. The van der Waals surface area contributed by atoms with E-state index in [1.165, 1.54) is 12.3 Å². The number of ether oxygens (including phenoxy) is 2. The topological polar surface area (TPSA) is 68.7 Å². The molecule has 0 atom stereocenters. The maximum absolute atomic E-state index is 11.6. The fourth-order valence-corrected chi connectivity index (χ4v) is 1.27. The highest BCUT2D eigenvalue weighted by atomic mass is 35.5. The van der Waals surface area contributed by atoms with E-state index in [9.17, 15) is 4.79 Å². The molecule has 0 bridgehead atoms. The van der Waals surface area contributed by atoms with Crippen LogP contribution in [0.4, 0.5) is 4.79 Å². The van der Waals surface area contributed by atoms with Crippen LogP contribution in [0.2, 0.25) is 5.02 Å². The molecule has 5 nitrogen and oxygen atoms in total. The maximum atomic E-state index is 11.6. The number of hydrogen-bond acceptors (Lipinski definition) is 5. The van der Waals surface area contributed by atoms with Crippen molar-refractivity contribution in [3.05, 3.63) is 23.0 Å². The Morgan fingerprint density at radius 1 is 1.53 bits per heavy atom. The van der Waals surface area contributed by atoms with E-state index < -0.39 is 11.8 Å². The summed E-state index contributed by atoms with van der Waals surface area (Å²) < 4.78 is 10.0. The van der Waals surface area contributed by atoms with Crippen LogP contribution in [-0.4, -0.2) is 28.5 Å². The molecule has 0 fully saturated rings. The van der Waals surface area contributed by atoms with Crippen molar-refractivity contribution in [3.8, 4) is 17.6 Å². The van der Waals surface area contributed by atoms with Gasteiger partial charge in [-0.05, 0) is 32.8 Å². The molecule has 6 heteroatoms. The number of carbonyl (C=O) groups is 1. The van der Waals surface area contributed by atoms with Crippen LogP contribution in [0.3, 0.4) is 0 Å². The summed E-state index contributed by atoms with van der Waals surface area (Å²) in [6.07, 6.45) is 0.528. The number of pyridine rings is 1.